The Hall–Kier alpha value is -3.19. The van der Waals surface area contributed by atoms with Crippen molar-refractivity contribution < 1.29 is 4.79 Å². The number of thiocarbonyl (C=S) groups is 1. The highest BCUT2D eigenvalue weighted by Crippen LogP contribution is 2.43. The maximum Gasteiger partial charge on any atom is 0.226 e. The van der Waals surface area contributed by atoms with Crippen molar-refractivity contribution >= 4 is 34.6 Å². The maximum atomic E-state index is 12.3. The molecule has 7 heteroatoms. The van der Waals surface area contributed by atoms with Crippen LogP contribution in [0.15, 0.2) is 61.1 Å². The number of aromatic nitrogens is 2. The minimum absolute atomic E-state index is 0.0151. The SMILES string of the molecule is Cc1cc(N2C(=S)N[C@H](c3ccccn3)[C@H]2c2ccn(C3CCCCC3)c2)ccc1NC(=O)C(C)C. The molecule has 2 atom stereocenters. The number of amides is 1. The average molecular weight is 502 g/mol. The molecule has 2 N–H and O–H groups in total. The predicted molar refractivity (Wildman–Crippen MR) is 149 cm³/mol. The van der Waals surface area contributed by atoms with Gasteiger partial charge in [0.25, 0.3) is 0 Å². The fourth-order valence-electron chi connectivity index (χ4n) is 5.40. The summed E-state index contributed by atoms with van der Waals surface area (Å²) in [5, 5.41) is 7.27. The van der Waals surface area contributed by atoms with Crippen LogP contribution < -0.4 is 15.5 Å². The highest BCUT2D eigenvalue weighted by atomic mass is 32.1. The van der Waals surface area contributed by atoms with Crippen LogP contribution in [0.5, 0.6) is 0 Å². The van der Waals surface area contributed by atoms with Gasteiger partial charge in [-0.3, -0.25) is 9.78 Å². The Labute approximate surface area is 219 Å². The fraction of sp³-hybridized carbons (Fsp3) is 0.414. The number of carbonyl (C=O) groups excluding carboxylic acids is 1. The van der Waals surface area contributed by atoms with Gasteiger partial charge in [-0.05, 0) is 79.5 Å². The highest BCUT2D eigenvalue weighted by Gasteiger charge is 2.41. The molecule has 188 valence electrons. The first-order valence-corrected chi connectivity index (χ1v) is 13.4. The van der Waals surface area contributed by atoms with Gasteiger partial charge in [-0.15, -0.1) is 0 Å². The van der Waals surface area contributed by atoms with Crippen LogP contribution in [-0.4, -0.2) is 20.6 Å². The zero-order valence-corrected chi connectivity index (χ0v) is 22.1. The van der Waals surface area contributed by atoms with Gasteiger partial charge in [0.15, 0.2) is 5.11 Å². The Bertz CT molecular complexity index is 1230. The third kappa shape index (κ3) is 4.89. The zero-order valence-electron chi connectivity index (χ0n) is 21.3. The van der Waals surface area contributed by atoms with E-state index in [1.807, 2.05) is 51.2 Å². The van der Waals surface area contributed by atoms with Crippen molar-refractivity contribution in [3.8, 4) is 0 Å². The standard InChI is InChI=1S/C29H35N5OS/c1-19(2)28(35)31-24-13-12-23(17-20(24)3)34-27(26(32-29(34)36)25-11-7-8-15-30-25)21-14-16-33(18-21)22-9-5-4-6-10-22/h7-8,11-19,22,26-27H,4-6,9-10H2,1-3H3,(H,31,35)(H,32,36)/t26-,27-/m1/s1. The molecule has 0 radical (unpaired) electrons. The highest BCUT2D eigenvalue weighted by molar-refractivity contribution is 7.80. The van der Waals surface area contributed by atoms with Crippen molar-refractivity contribution in [2.45, 2.75) is 71.0 Å². The Kier molecular flexibility index (Phi) is 7.10. The van der Waals surface area contributed by atoms with E-state index in [0.717, 1.165) is 22.6 Å². The number of carbonyl (C=O) groups is 1. The first-order chi connectivity index (χ1) is 17.4. The summed E-state index contributed by atoms with van der Waals surface area (Å²) in [6.45, 7) is 5.82. The topological polar surface area (TPSA) is 62.2 Å². The van der Waals surface area contributed by atoms with Gasteiger partial charge >= 0.3 is 0 Å². The van der Waals surface area contributed by atoms with E-state index in [1.165, 1.54) is 37.7 Å². The summed E-state index contributed by atoms with van der Waals surface area (Å²) in [5.41, 5.74) is 5.02. The number of aryl methyl sites for hydroxylation is 1. The first kappa shape index (κ1) is 24.5. The molecular weight excluding hydrogens is 466 g/mol. The molecule has 5 rings (SSSR count). The van der Waals surface area contributed by atoms with Gasteiger partial charge in [-0.1, -0.05) is 39.2 Å². The lowest BCUT2D eigenvalue weighted by molar-refractivity contribution is -0.118. The number of rotatable bonds is 6. The molecule has 2 aliphatic rings. The molecule has 1 saturated carbocycles. The molecule has 2 aromatic heterocycles. The van der Waals surface area contributed by atoms with Gasteiger partial charge in [0.2, 0.25) is 5.91 Å². The third-order valence-electron chi connectivity index (χ3n) is 7.44. The van der Waals surface area contributed by atoms with Crippen LogP contribution in [0.3, 0.4) is 0 Å². The molecule has 2 fully saturated rings. The molecule has 1 aromatic carbocycles. The minimum Gasteiger partial charge on any atom is -0.351 e. The van der Waals surface area contributed by atoms with Crippen molar-refractivity contribution in [2.75, 3.05) is 10.2 Å². The van der Waals surface area contributed by atoms with E-state index in [1.54, 1.807) is 0 Å². The largest absolute Gasteiger partial charge is 0.351 e. The third-order valence-corrected chi connectivity index (χ3v) is 7.76. The van der Waals surface area contributed by atoms with Crippen LogP contribution in [0.1, 0.15) is 80.9 Å². The molecule has 3 heterocycles. The molecule has 3 aromatic rings. The van der Waals surface area contributed by atoms with Crippen LogP contribution in [0.2, 0.25) is 0 Å². The molecule has 0 unspecified atom stereocenters. The Morgan fingerprint density at radius 3 is 2.64 bits per heavy atom. The summed E-state index contributed by atoms with van der Waals surface area (Å²) in [7, 11) is 0. The Balaban J connectivity index is 1.51. The van der Waals surface area contributed by atoms with Gasteiger partial charge in [0.1, 0.15) is 0 Å². The lowest BCUT2D eigenvalue weighted by Crippen LogP contribution is -2.29. The van der Waals surface area contributed by atoms with Crippen molar-refractivity contribution in [3.63, 3.8) is 0 Å². The van der Waals surface area contributed by atoms with Crippen molar-refractivity contribution in [3.05, 3.63) is 77.9 Å². The zero-order chi connectivity index (χ0) is 25.2. The van der Waals surface area contributed by atoms with Crippen molar-refractivity contribution in [1.82, 2.24) is 14.9 Å². The molecule has 1 saturated heterocycles. The Morgan fingerprint density at radius 2 is 1.94 bits per heavy atom. The van der Waals surface area contributed by atoms with E-state index >= 15 is 0 Å². The summed E-state index contributed by atoms with van der Waals surface area (Å²) in [4.78, 5) is 19.1. The van der Waals surface area contributed by atoms with Gasteiger partial charge in [0, 0.05) is 41.9 Å². The minimum atomic E-state index is -0.0730. The molecule has 6 nitrogen and oxygen atoms in total. The van der Waals surface area contributed by atoms with Crippen LogP contribution in [0.4, 0.5) is 11.4 Å². The van der Waals surface area contributed by atoms with E-state index in [9.17, 15) is 4.79 Å². The van der Waals surface area contributed by atoms with Crippen molar-refractivity contribution in [1.29, 1.82) is 0 Å². The number of hydrogen-bond donors (Lipinski definition) is 2. The molecule has 0 spiro atoms. The Morgan fingerprint density at radius 1 is 1.14 bits per heavy atom. The van der Waals surface area contributed by atoms with Gasteiger partial charge in [-0.2, -0.15) is 0 Å². The summed E-state index contributed by atoms with van der Waals surface area (Å²) in [5.74, 6) is -0.0579. The molecular formula is C29H35N5OS. The van der Waals surface area contributed by atoms with Crippen LogP contribution in [0, 0.1) is 12.8 Å². The number of hydrogen-bond acceptors (Lipinski definition) is 3. The van der Waals surface area contributed by atoms with E-state index in [4.69, 9.17) is 12.2 Å². The van der Waals surface area contributed by atoms with Gasteiger partial charge in [0.05, 0.1) is 17.8 Å². The molecule has 1 amide bonds. The van der Waals surface area contributed by atoms with Gasteiger partial charge < -0.3 is 20.1 Å². The second-order valence-electron chi connectivity index (χ2n) is 10.3. The number of nitrogens with zero attached hydrogens (tertiary/aromatic N) is 3. The smallest absolute Gasteiger partial charge is 0.226 e. The monoisotopic (exact) mass is 501 g/mol. The van der Waals surface area contributed by atoms with E-state index in [0.29, 0.717) is 11.2 Å². The second kappa shape index (κ2) is 10.4. The molecule has 36 heavy (non-hydrogen) atoms. The quantitative estimate of drug-likeness (QED) is 0.379. The van der Waals surface area contributed by atoms with E-state index in [2.05, 4.69) is 55.7 Å². The number of pyridine rings is 1. The lowest BCUT2D eigenvalue weighted by atomic mass is 9.95. The van der Waals surface area contributed by atoms with Crippen LogP contribution in [-0.2, 0) is 4.79 Å². The lowest BCUT2D eigenvalue weighted by Gasteiger charge is -2.28. The van der Waals surface area contributed by atoms with E-state index < -0.39 is 0 Å². The van der Waals surface area contributed by atoms with E-state index in [-0.39, 0.29) is 23.9 Å². The van der Waals surface area contributed by atoms with Crippen molar-refractivity contribution in [2.24, 2.45) is 5.92 Å². The second-order valence-corrected chi connectivity index (χ2v) is 10.7. The molecule has 0 bridgehead atoms. The number of anilines is 2. The first-order valence-electron chi connectivity index (χ1n) is 13.0. The average Bonchev–Trinajstić information content (AvgIpc) is 3.51. The van der Waals surface area contributed by atoms with Crippen LogP contribution >= 0.6 is 12.2 Å². The van der Waals surface area contributed by atoms with Crippen LogP contribution in [0.25, 0.3) is 0 Å². The summed E-state index contributed by atoms with van der Waals surface area (Å²) < 4.78 is 2.40. The number of nitrogens with one attached hydrogen (secondary N) is 2. The predicted octanol–water partition coefficient (Wildman–Crippen LogP) is 6.47. The summed E-state index contributed by atoms with van der Waals surface area (Å²) >= 11 is 5.90. The fourth-order valence-corrected chi connectivity index (χ4v) is 5.74. The molecule has 1 aliphatic heterocycles. The normalized spacial score (nSPS) is 20.6. The maximum absolute atomic E-state index is 12.3. The van der Waals surface area contributed by atoms with Gasteiger partial charge in [-0.25, -0.2) is 0 Å². The number of benzene rings is 1. The summed E-state index contributed by atoms with van der Waals surface area (Å²) in [6.07, 6.45) is 12.8. The summed E-state index contributed by atoms with van der Waals surface area (Å²) in [6, 6.07) is 14.9. The molecule has 1 aliphatic carbocycles.